The van der Waals surface area contributed by atoms with E-state index in [9.17, 15) is 9.59 Å². The SMILES string of the molecule is CCC1(NC(=O)c2cn(CC(=O)O)nn2)CCC1. The van der Waals surface area contributed by atoms with E-state index in [0.717, 1.165) is 30.4 Å². The molecule has 0 unspecified atom stereocenters. The van der Waals surface area contributed by atoms with Crippen LogP contribution in [0.25, 0.3) is 0 Å². The molecule has 1 aromatic rings. The van der Waals surface area contributed by atoms with Crippen molar-refractivity contribution in [1.82, 2.24) is 20.3 Å². The predicted octanol–water partition coefficient (Wildman–Crippen LogP) is 0.425. The van der Waals surface area contributed by atoms with E-state index in [0.29, 0.717) is 0 Å². The summed E-state index contributed by atoms with van der Waals surface area (Å²) in [6.07, 6.45) is 5.34. The number of amides is 1. The Kier molecular flexibility index (Phi) is 3.31. The second-order valence-electron chi connectivity index (χ2n) is 4.64. The summed E-state index contributed by atoms with van der Waals surface area (Å²) in [7, 11) is 0. The number of nitrogens with one attached hydrogen (secondary N) is 1. The third-order valence-corrected chi connectivity index (χ3v) is 3.43. The minimum absolute atomic E-state index is 0.104. The number of aromatic nitrogens is 3. The molecular weight excluding hydrogens is 236 g/mol. The highest BCUT2D eigenvalue weighted by Crippen LogP contribution is 2.34. The van der Waals surface area contributed by atoms with Crippen LogP contribution in [0, 0.1) is 0 Å². The quantitative estimate of drug-likeness (QED) is 0.791. The molecule has 2 N–H and O–H groups in total. The fourth-order valence-electron chi connectivity index (χ4n) is 2.09. The zero-order chi connectivity index (χ0) is 13.2. The van der Waals surface area contributed by atoms with Crippen molar-refractivity contribution < 1.29 is 14.7 Å². The Morgan fingerprint density at radius 3 is 2.78 bits per heavy atom. The average molecular weight is 252 g/mol. The van der Waals surface area contributed by atoms with E-state index >= 15 is 0 Å². The van der Waals surface area contributed by atoms with Crippen molar-refractivity contribution in [3.8, 4) is 0 Å². The molecule has 1 fully saturated rings. The van der Waals surface area contributed by atoms with Crippen LogP contribution in [-0.4, -0.2) is 37.5 Å². The topological polar surface area (TPSA) is 97.1 Å². The number of carbonyl (C=O) groups excluding carboxylic acids is 1. The molecule has 0 saturated heterocycles. The van der Waals surface area contributed by atoms with E-state index in [1.165, 1.54) is 6.20 Å². The zero-order valence-electron chi connectivity index (χ0n) is 10.2. The van der Waals surface area contributed by atoms with Crippen molar-refractivity contribution in [3.05, 3.63) is 11.9 Å². The molecule has 1 aliphatic rings. The Labute approximate surface area is 104 Å². The van der Waals surface area contributed by atoms with Crippen LogP contribution in [0.1, 0.15) is 43.1 Å². The van der Waals surface area contributed by atoms with Gasteiger partial charge in [0.05, 0.1) is 6.20 Å². The second-order valence-corrected chi connectivity index (χ2v) is 4.64. The Morgan fingerprint density at radius 1 is 1.56 bits per heavy atom. The average Bonchev–Trinajstić information content (AvgIpc) is 2.70. The molecule has 1 heterocycles. The van der Waals surface area contributed by atoms with E-state index in [2.05, 4.69) is 15.6 Å². The van der Waals surface area contributed by atoms with Gasteiger partial charge >= 0.3 is 5.97 Å². The van der Waals surface area contributed by atoms with Gasteiger partial charge in [0.1, 0.15) is 6.54 Å². The number of carboxylic acids is 1. The molecule has 0 radical (unpaired) electrons. The molecule has 0 aromatic carbocycles. The molecular formula is C11H16N4O3. The van der Waals surface area contributed by atoms with E-state index < -0.39 is 5.97 Å². The van der Waals surface area contributed by atoms with E-state index in [1.54, 1.807) is 0 Å². The summed E-state index contributed by atoms with van der Waals surface area (Å²) in [5.74, 6) is -1.30. The molecule has 1 amide bonds. The third-order valence-electron chi connectivity index (χ3n) is 3.43. The van der Waals surface area contributed by atoms with Gasteiger partial charge in [0.15, 0.2) is 5.69 Å². The molecule has 1 aromatic heterocycles. The Bertz CT molecular complexity index is 459. The maximum Gasteiger partial charge on any atom is 0.325 e. The number of nitrogens with zero attached hydrogens (tertiary/aromatic N) is 3. The lowest BCUT2D eigenvalue weighted by atomic mass is 9.75. The highest BCUT2D eigenvalue weighted by Gasteiger charge is 2.37. The van der Waals surface area contributed by atoms with Crippen molar-refractivity contribution in [2.75, 3.05) is 0 Å². The van der Waals surface area contributed by atoms with Crippen LogP contribution in [0.2, 0.25) is 0 Å². The summed E-state index contributed by atoms with van der Waals surface area (Å²) in [5.41, 5.74) is 0.0594. The van der Waals surface area contributed by atoms with Crippen LogP contribution in [-0.2, 0) is 11.3 Å². The van der Waals surface area contributed by atoms with Gasteiger partial charge in [-0.15, -0.1) is 5.10 Å². The molecule has 1 aliphatic carbocycles. The van der Waals surface area contributed by atoms with Crippen LogP contribution in [0.15, 0.2) is 6.20 Å². The summed E-state index contributed by atoms with van der Waals surface area (Å²) < 4.78 is 1.14. The van der Waals surface area contributed by atoms with Gasteiger partial charge in [0.25, 0.3) is 5.91 Å². The van der Waals surface area contributed by atoms with Crippen LogP contribution in [0.4, 0.5) is 0 Å². The lowest BCUT2D eigenvalue weighted by molar-refractivity contribution is -0.137. The fourth-order valence-corrected chi connectivity index (χ4v) is 2.09. The van der Waals surface area contributed by atoms with Crippen LogP contribution < -0.4 is 5.32 Å². The second kappa shape index (κ2) is 4.75. The lowest BCUT2D eigenvalue weighted by Crippen LogP contribution is -2.53. The van der Waals surface area contributed by atoms with Crippen molar-refractivity contribution in [3.63, 3.8) is 0 Å². The van der Waals surface area contributed by atoms with Gasteiger partial charge < -0.3 is 10.4 Å². The molecule has 0 bridgehead atoms. The van der Waals surface area contributed by atoms with Gasteiger partial charge in [-0.2, -0.15) is 0 Å². The molecule has 98 valence electrons. The summed E-state index contributed by atoms with van der Waals surface area (Å²) in [6, 6.07) is 0. The summed E-state index contributed by atoms with van der Waals surface area (Å²) >= 11 is 0. The largest absolute Gasteiger partial charge is 0.480 e. The first-order valence-electron chi connectivity index (χ1n) is 5.99. The minimum atomic E-state index is -1.02. The first kappa shape index (κ1) is 12.5. The first-order chi connectivity index (χ1) is 8.54. The van der Waals surface area contributed by atoms with Crippen molar-refractivity contribution in [1.29, 1.82) is 0 Å². The van der Waals surface area contributed by atoms with Crippen LogP contribution in [0.3, 0.4) is 0 Å². The smallest absolute Gasteiger partial charge is 0.325 e. The highest BCUT2D eigenvalue weighted by atomic mass is 16.4. The van der Waals surface area contributed by atoms with Crippen molar-refractivity contribution in [2.24, 2.45) is 0 Å². The summed E-state index contributed by atoms with van der Waals surface area (Å²) in [4.78, 5) is 22.4. The van der Waals surface area contributed by atoms with E-state index in [-0.39, 0.29) is 23.7 Å². The van der Waals surface area contributed by atoms with Gasteiger partial charge in [0.2, 0.25) is 0 Å². The van der Waals surface area contributed by atoms with Gasteiger partial charge in [-0.05, 0) is 25.7 Å². The number of aliphatic carboxylic acids is 1. The van der Waals surface area contributed by atoms with E-state index in [4.69, 9.17) is 5.11 Å². The third kappa shape index (κ3) is 2.49. The monoisotopic (exact) mass is 252 g/mol. The molecule has 7 heteroatoms. The highest BCUT2D eigenvalue weighted by molar-refractivity contribution is 5.92. The molecule has 2 rings (SSSR count). The van der Waals surface area contributed by atoms with Crippen molar-refractivity contribution >= 4 is 11.9 Å². The zero-order valence-corrected chi connectivity index (χ0v) is 10.2. The molecule has 1 saturated carbocycles. The van der Waals surface area contributed by atoms with Gasteiger partial charge in [-0.3, -0.25) is 9.59 Å². The number of hydrogen-bond acceptors (Lipinski definition) is 4. The van der Waals surface area contributed by atoms with Gasteiger partial charge in [-0.25, -0.2) is 4.68 Å². The molecule has 0 spiro atoms. The van der Waals surface area contributed by atoms with Crippen LogP contribution >= 0.6 is 0 Å². The van der Waals surface area contributed by atoms with E-state index in [1.807, 2.05) is 6.92 Å². The standard InChI is InChI=1S/C11H16N4O3/c1-2-11(4-3-5-11)12-10(18)8-6-15(14-13-8)7-9(16)17/h6H,2-5,7H2,1H3,(H,12,18)(H,16,17). The van der Waals surface area contributed by atoms with Gasteiger partial charge in [-0.1, -0.05) is 12.1 Å². The van der Waals surface area contributed by atoms with Crippen molar-refractivity contribution in [2.45, 2.75) is 44.7 Å². The lowest BCUT2D eigenvalue weighted by Gasteiger charge is -2.41. The van der Waals surface area contributed by atoms with Crippen LogP contribution in [0.5, 0.6) is 0 Å². The first-order valence-corrected chi connectivity index (χ1v) is 5.99. The Morgan fingerprint density at radius 2 is 2.28 bits per heavy atom. The number of carboxylic acid groups (broad SMARTS) is 1. The fraction of sp³-hybridized carbons (Fsp3) is 0.636. The maximum absolute atomic E-state index is 11.9. The normalized spacial score (nSPS) is 16.9. The summed E-state index contributed by atoms with van der Waals surface area (Å²) in [5, 5.41) is 18.8. The number of rotatable bonds is 5. The minimum Gasteiger partial charge on any atom is -0.480 e. The molecule has 18 heavy (non-hydrogen) atoms. The van der Waals surface area contributed by atoms with Gasteiger partial charge in [0, 0.05) is 5.54 Å². The Hall–Kier alpha value is -1.92. The Balaban J connectivity index is 2.00. The number of carbonyl (C=O) groups is 2. The molecule has 0 atom stereocenters. The molecule has 0 aliphatic heterocycles. The summed E-state index contributed by atoms with van der Waals surface area (Å²) in [6.45, 7) is 1.75. The number of hydrogen-bond donors (Lipinski definition) is 2. The molecule has 7 nitrogen and oxygen atoms in total. The predicted molar refractivity (Wildman–Crippen MR) is 62.0 cm³/mol. The maximum atomic E-state index is 11.9.